The first kappa shape index (κ1) is 26.4. The Bertz CT molecular complexity index is 1700. The van der Waals surface area contributed by atoms with Gasteiger partial charge in [-0.1, -0.05) is 11.6 Å². The summed E-state index contributed by atoms with van der Waals surface area (Å²) in [5.41, 5.74) is 3.67. The number of rotatable bonds is 7. The standard InChI is InChI=1S/C26H22ClFN6O4S/c1-12-5-16(23-17(6-12)33-20(36-4)10-31-23)25-34-24-19(39-25)7-18(22(28)21(24)27)38-13(2)11-37-26(35)32-15-8-29-14(3)30-9-15/h5-10,13H,11H2,1-4H3,(H,32,35)/t13-/m0/s1. The van der Waals surface area contributed by atoms with Crippen molar-refractivity contribution in [2.24, 2.45) is 0 Å². The van der Waals surface area contributed by atoms with Crippen molar-refractivity contribution in [3.8, 4) is 22.2 Å². The number of nitrogens with one attached hydrogen (secondary N) is 1. The van der Waals surface area contributed by atoms with Gasteiger partial charge in [-0.25, -0.2) is 34.1 Å². The molecule has 0 saturated heterocycles. The smallest absolute Gasteiger partial charge is 0.411 e. The highest BCUT2D eigenvalue weighted by atomic mass is 35.5. The number of benzene rings is 2. The molecule has 1 amide bonds. The van der Waals surface area contributed by atoms with E-state index in [-0.39, 0.29) is 17.4 Å². The maximum atomic E-state index is 15.2. The van der Waals surface area contributed by atoms with Gasteiger partial charge in [0.1, 0.15) is 34.1 Å². The van der Waals surface area contributed by atoms with Gasteiger partial charge in [-0.3, -0.25) is 5.32 Å². The van der Waals surface area contributed by atoms with Crippen LogP contribution in [0.25, 0.3) is 31.8 Å². The minimum atomic E-state index is -0.757. The summed E-state index contributed by atoms with van der Waals surface area (Å²) in [6.45, 7) is 5.17. The zero-order valence-electron chi connectivity index (χ0n) is 21.3. The molecule has 3 aromatic heterocycles. The number of halogens is 2. The van der Waals surface area contributed by atoms with Crippen molar-refractivity contribution < 1.29 is 23.4 Å². The van der Waals surface area contributed by atoms with Crippen LogP contribution < -0.4 is 14.8 Å². The molecule has 0 saturated carbocycles. The van der Waals surface area contributed by atoms with Crippen molar-refractivity contribution in [3.05, 3.63) is 59.0 Å². The van der Waals surface area contributed by atoms with E-state index in [4.69, 9.17) is 25.8 Å². The normalized spacial score (nSPS) is 11.9. The zero-order chi connectivity index (χ0) is 27.7. The van der Waals surface area contributed by atoms with Crippen LogP contribution in [0.1, 0.15) is 18.3 Å². The minimum absolute atomic E-state index is 0.0789. The maximum absolute atomic E-state index is 15.2. The quantitative estimate of drug-likeness (QED) is 0.247. The van der Waals surface area contributed by atoms with E-state index in [1.807, 2.05) is 19.1 Å². The minimum Gasteiger partial charge on any atom is -0.484 e. The Morgan fingerprint density at radius 1 is 1.10 bits per heavy atom. The number of thiazole rings is 1. The molecule has 0 spiro atoms. The number of carbonyl (C=O) groups is 1. The van der Waals surface area contributed by atoms with Crippen LogP contribution in [0.2, 0.25) is 5.02 Å². The van der Waals surface area contributed by atoms with Crippen LogP contribution in [-0.2, 0) is 4.74 Å². The summed E-state index contributed by atoms with van der Waals surface area (Å²) in [5.74, 6) is 0.135. The number of methoxy groups -OCH3 is 1. The number of hydrogen-bond acceptors (Lipinski definition) is 10. The third kappa shape index (κ3) is 5.66. The van der Waals surface area contributed by atoms with Gasteiger partial charge in [0.05, 0.1) is 47.1 Å². The Morgan fingerprint density at radius 3 is 2.62 bits per heavy atom. The molecule has 0 aliphatic carbocycles. The summed E-state index contributed by atoms with van der Waals surface area (Å²) in [4.78, 5) is 33.6. The van der Waals surface area contributed by atoms with Gasteiger partial charge in [-0.15, -0.1) is 11.3 Å². The van der Waals surface area contributed by atoms with Gasteiger partial charge in [0.2, 0.25) is 5.88 Å². The fraction of sp³-hybridized carbons (Fsp3) is 0.231. The number of aromatic nitrogens is 5. The lowest BCUT2D eigenvalue weighted by Crippen LogP contribution is -2.24. The van der Waals surface area contributed by atoms with Crippen molar-refractivity contribution in [1.82, 2.24) is 24.9 Å². The van der Waals surface area contributed by atoms with E-state index in [1.54, 1.807) is 13.8 Å². The Labute approximate surface area is 231 Å². The zero-order valence-corrected chi connectivity index (χ0v) is 22.9. The molecule has 1 atom stereocenters. The monoisotopic (exact) mass is 568 g/mol. The first-order valence-electron chi connectivity index (χ1n) is 11.7. The molecule has 0 radical (unpaired) electrons. The molecule has 0 aliphatic rings. The fourth-order valence-electron chi connectivity index (χ4n) is 3.75. The van der Waals surface area contributed by atoms with Gasteiger partial charge < -0.3 is 14.2 Å². The molecule has 2 aromatic carbocycles. The van der Waals surface area contributed by atoms with Gasteiger partial charge in [0.15, 0.2) is 11.6 Å². The van der Waals surface area contributed by atoms with Gasteiger partial charge in [0, 0.05) is 11.6 Å². The van der Waals surface area contributed by atoms with Crippen LogP contribution in [-0.4, -0.2) is 50.8 Å². The van der Waals surface area contributed by atoms with Crippen LogP contribution in [0.5, 0.6) is 11.6 Å². The van der Waals surface area contributed by atoms with Gasteiger partial charge in [-0.05, 0) is 38.5 Å². The molecular weight excluding hydrogens is 547 g/mol. The highest BCUT2D eigenvalue weighted by molar-refractivity contribution is 7.21. The van der Waals surface area contributed by atoms with Crippen LogP contribution in [0.4, 0.5) is 14.9 Å². The summed E-state index contributed by atoms with van der Waals surface area (Å²) in [6, 6.07) is 5.37. The summed E-state index contributed by atoms with van der Waals surface area (Å²) in [7, 11) is 1.53. The Morgan fingerprint density at radius 2 is 1.87 bits per heavy atom. The van der Waals surface area contributed by atoms with Gasteiger partial charge in [-0.2, -0.15) is 0 Å². The largest absolute Gasteiger partial charge is 0.484 e. The van der Waals surface area contributed by atoms with E-state index < -0.39 is 18.0 Å². The van der Waals surface area contributed by atoms with Crippen LogP contribution in [0, 0.1) is 19.7 Å². The molecule has 13 heteroatoms. The van der Waals surface area contributed by atoms with Crippen molar-refractivity contribution in [3.63, 3.8) is 0 Å². The lowest BCUT2D eigenvalue weighted by Gasteiger charge is -2.16. The molecule has 5 aromatic rings. The average molecular weight is 569 g/mol. The number of nitrogens with zero attached hydrogens (tertiary/aromatic N) is 5. The predicted molar refractivity (Wildman–Crippen MR) is 146 cm³/mol. The third-order valence-electron chi connectivity index (χ3n) is 5.55. The van der Waals surface area contributed by atoms with E-state index in [0.717, 1.165) is 11.1 Å². The first-order valence-corrected chi connectivity index (χ1v) is 12.9. The van der Waals surface area contributed by atoms with E-state index in [9.17, 15) is 4.79 Å². The molecule has 0 aliphatic heterocycles. The number of carbonyl (C=O) groups excluding carboxylic acids is 1. The van der Waals surface area contributed by atoms with E-state index in [0.29, 0.717) is 43.6 Å². The Kier molecular flexibility index (Phi) is 7.40. The number of ether oxygens (including phenoxy) is 3. The first-order chi connectivity index (χ1) is 18.7. The number of fused-ring (bicyclic) bond motifs is 2. The summed E-state index contributed by atoms with van der Waals surface area (Å²) in [6.07, 6.45) is 3.06. The SMILES string of the molecule is COc1cnc2c(-c3nc4c(Cl)c(F)c(O[C@@H](C)COC(=O)Nc5cnc(C)nc5)cc4s3)cc(C)cc2n1. The van der Waals surface area contributed by atoms with E-state index >= 15 is 4.39 Å². The molecule has 10 nitrogen and oxygen atoms in total. The van der Waals surface area contributed by atoms with Crippen LogP contribution in [0.15, 0.2) is 36.8 Å². The molecule has 1 N–H and O–H groups in total. The number of aryl methyl sites for hydroxylation is 2. The Hall–Kier alpha value is -4.16. The number of anilines is 1. The molecule has 5 rings (SSSR count). The molecule has 0 fully saturated rings. The lowest BCUT2D eigenvalue weighted by atomic mass is 10.1. The summed E-state index contributed by atoms with van der Waals surface area (Å²) in [5, 5.41) is 2.95. The highest BCUT2D eigenvalue weighted by Gasteiger charge is 2.21. The topological polar surface area (TPSA) is 121 Å². The number of amides is 1. The van der Waals surface area contributed by atoms with Gasteiger partial charge >= 0.3 is 6.09 Å². The molecule has 200 valence electrons. The van der Waals surface area contributed by atoms with Crippen molar-refractivity contribution >= 4 is 56.0 Å². The van der Waals surface area contributed by atoms with Crippen molar-refractivity contribution in [1.29, 1.82) is 0 Å². The van der Waals surface area contributed by atoms with Crippen LogP contribution >= 0.6 is 22.9 Å². The molecule has 0 bridgehead atoms. The van der Waals surface area contributed by atoms with Crippen molar-refractivity contribution in [2.75, 3.05) is 19.0 Å². The molecule has 0 unspecified atom stereocenters. The van der Waals surface area contributed by atoms with E-state index in [1.165, 1.54) is 43.1 Å². The second-order valence-corrected chi connectivity index (χ2v) is 10.0. The van der Waals surface area contributed by atoms with E-state index in [2.05, 4.69) is 30.2 Å². The highest BCUT2D eigenvalue weighted by Crippen LogP contribution is 2.40. The Balaban J connectivity index is 1.36. The van der Waals surface area contributed by atoms with Crippen molar-refractivity contribution in [2.45, 2.75) is 26.9 Å². The van der Waals surface area contributed by atoms with Crippen LogP contribution in [0.3, 0.4) is 0 Å². The number of hydrogen-bond donors (Lipinski definition) is 1. The van der Waals surface area contributed by atoms with Gasteiger partial charge in [0.25, 0.3) is 0 Å². The summed E-state index contributed by atoms with van der Waals surface area (Å²) < 4.78 is 31.9. The molecule has 3 heterocycles. The molecular formula is C26H22ClFN6O4S. The second kappa shape index (κ2) is 10.9. The third-order valence-corrected chi connectivity index (χ3v) is 6.93. The summed E-state index contributed by atoms with van der Waals surface area (Å²) >= 11 is 7.69. The lowest BCUT2D eigenvalue weighted by molar-refractivity contribution is 0.0969. The average Bonchev–Trinajstić information content (AvgIpc) is 3.35. The fourth-order valence-corrected chi connectivity index (χ4v) is 5.06. The second-order valence-electron chi connectivity index (χ2n) is 8.63. The molecule has 39 heavy (non-hydrogen) atoms. The predicted octanol–water partition coefficient (Wildman–Crippen LogP) is 6.13. The maximum Gasteiger partial charge on any atom is 0.411 e.